The van der Waals surface area contributed by atoms with Crippen LogP contribution in [-0.2, 0) is 0 Å². The number of ether oxygens (including phenoxy) is 1. The van der Waals surface area contributed by atoms with Crippen LogP contribution in [-0.4, -0.2) is 31.0 Å². The highest BCUT2D eigenvalue weighted by molar-refractivity contribution is 6.33. The zero-order valence-electron chi connectivity index (χ0n) is 12.5. The van der Waals surface area contributed by atoms with Crippen LogP contribution in [0.15, 0.2) is 42.5 Å². The van der Waals surface area contributed by atoms with E-state index in [9.17, 15) is 9.18 Å². The number of halogens is 2. The van der Waals surface area contributed by atoms with Gasteiger partial charge in [-0.15, -0.1) is 0 Å². The summed E-state index contributed by atoms with van der Waals surface area (Å²) in [7, 11) is 1.59. The number of carbonyl (C=O) groups is 1. The third-order valence-electron chi connectivity index (χ3n) is 3.30. The van der Waals surface area contributed by atoms with Crippen molar-refractivity contribution in [3.63, 3.8) is 0 Å². The maximum Gasteiger partial charge on any atom is 0.258 e. The summed E-state index contributed by atoms with van der Waals surface area (Å²) in [6.07, 6.45) is 0. The number of likely N-dealkylation sites (N-methyl/N-ethyl adjacent to an activating group) is 1. The van der Waals surface area contributed by atoms with Crippen molar-refractivity contribution in [3.8, 4) is 5.75 Å². The third kappa shape index (κ3) is 3.77. The lowest BCUT2D eigenvalue weighted by Crippen LogP contribution is -2.31. The molecule has 3 nitrogen and oxygen atoms in total. The van der Waals surface area contributed by atoms with Gasteiger partial charge < -0.3 is 9.64 Å². The Morgan fingerprint density at radius 1 is 1.23 bits per heavy atom. The lowest BCUT2D eigenvalue weighted by molar-refractivity contribution is 0.0769. The van der Waals surface area contributed by atoms with Crippen molar-refractivity contribution < 1.29 is 13.9 Å². The topological polar surface area (TPSA) is 29.5 Å². The van der Waals surface area contributed by atoms with Crippen molar-refractivity contribution in [2.75, 3.05) is 20.2 Å². The van der Waals surface area contributed by atoms with Gasteiger partial charge in [0.25, 0.3) is 5.91 Å². The molecule has 2 aromatic rings. The van der Waals surface area contributed by atoms with E-state index in [1.54, 1.807) is 7.05 Å². The molecule has 0 spiro atoms. The minimum Gasteiger partial charge on any atom is -0.491 e. The molecule has 2 aromatic carbocycles. The lowest BCUT2D eigenvalue weighted by atomic mass is 10.2. The molecule has 0 bridgehead atoms. The van der Waals surface area contributed by atoms with Crippen LogP contribution in [0.2, 0.25) is 5.02 Å². The van der Waals surface area contributed by atoms with Gasteiger partial charge in [0.2, 0.25) is 0 Å². The summed E-state index contributed by atoms with van der Waals surface area (Å²) in [6, 6.07) is 11.8. The highest BCUT2D eigenvalue weighted by Crippen LogP contribution is 2.20. The molecule has 0 unspecified atom stereocenters. The van der Waals surface area contributed by atoms with Crippen LogP contribution >= 0.6 is 11.6 Å². The summed E-state index contributed by atoms with van der Waals surface area (Å²) >= 11 is 5.90. The number of hydrogen-bond donors (Lipinski definition) is 0. The molecule has 0 saturated heterocycles. The van der Waals surface area contributed by atoms with E-state index in [1.165, 1.54) is 23.1 Å². The van der Waals surface area contributed by atoms with Gasteiger partial charge in [-0.05, 0) is 30.7 Å². The first-order chi connectivity index (χ1) is 10.5. The second-order valence-electron chi connectivity index (χ2n) is 4.94. The quantitative estimate of drug-likeness (QED) is 0.835. The van der Waals surface area contributed by atoms with Gasteiger partial charge in [-0.3, -0.25) is 4.79 Å². The number of aryl methyl sites for hydroxylation is 1. The fraction of sp³-hybridized carbons (Fsp3) is 0.235. The summed E-state index contributed by atoms with van der Waals surface area (Å²) < 4.78 is 19.4. The van der Waals surface area contributed by atoms with Gasteiger partial charge in [-0.2, -0.15) is 0 Å². The van der Waals surface area contributed by atoms with Gasteiger partial charge in [0.1, 0.15) is 18.2 Å². The minimum atomic E-state index is -0.621. The molecule has 1 amide bonds. The standard InChI is InChI=1S/C17H17ClFNO2/c1-12-6-3-4-9-15(12)22-11-10-20(2)17(21)16-13(18)7-5-8-14(16)19/h3-9H,10-11H2,1-2H3. The van der Waals surface area contributed by atoms with Gasteiger partial charge in [0.15, 0.2) is 0 Å². The molecule has 0 aliphatic rings. The van der Waals surface area contributed by atoms with Crippen molar-refractivity contribution >= 4 is 17.5 Å². The summed E-state index contributed by atoms with van der Waals surface area (Å²) in [4.78, 5) is 13.6. The molecular weight excluding hydrogens is 305 g/mol. The van der Waals surface area contributed by atoms with Gasteiger partial charge >= 0.3 is 0 Å². The van der Waals surface area contributed by atoms with Crippen LogP contribution in [0.4, 0.5) is 4.39 Å². The third-order valence-corrected chi connectivity index (χ3v) is 3.62. The number of benzene rings is 2. The van der Waals surface area contributed by atoms with Gasteiger partial charge in [-0.25, -0.2) is 4.39 Å². The van der Waals surface area contributed by atoms with Crippen LogP contribution < -0.4 is 4.74 Å². The van der Waals surface area contributed by atoms with Crippen molar-refractivity contribution in [1.29, 1.82) is 0 Å². The molecule has 22 heavy (non-hydrogen) atoms. The van der Waals surface area contributed by atoms with Crippen LogP contribution in [0.25, 0.3) is 0 Å². The number of rotatable bonds is 5. The molecule has 0 atom stereocenters. The minimum absolute atomic E-state index is 0.108. The molecule has 0 aliphatic carbocycles. The Kier molecular flexibility index (Phi) is 5.39. The molecule has 0 N–H and O–H groups in total. The lowest BCUT2D eigenvalue weighted by Gasteiger charge is -2.19. The number of nitrogens with zero attached hydrogens (tertiary/aromatic N) is 1. The Hall–Kier alpha value is -2.07. The van der Waals surface area contributed by atoms with Crippen molar-refractivity contribution in [3.05, 3.63) is 64.4 Å². The second-order valence-corrected chi connectivity index (χ2v) is 5.34. The molecule has 0 radical (unpaired) electrons. The molecule has 0 fully saturated rings. The normalized spacial score (nSPS) is 10.4. The zero-order chi connectivity index (χ0) is 16.1. The fourth-order valence-corrected chi connectivity index (χ4v) is 2.25. The number of para-hydroxylation sites is 1. The van der Waals surface area contributed by atoms with Crippen LogP contribution in [0.3, 0.4) is 0 Å². The Morgan fingerprint density at radius 2 is 1.95 bits per heavy atom. The highest BCUT2D eigenvalue weighted by Gasteiger charge is 2.19. The van der Waals surface area contributed by atoms with Gasteiger partial charge in [0.05, 0.1) is 17.1 Å². The molecule has 5 heteroatoms. The maximum atomic E-state index is 13.7. The molecule has 116 valence electrons. The summed E-state index contributed by atoms with van der Waals surface area (Å²) in [5.41, 5.74) is 0.913. The van der Waals surface area contributed by atoms with E-state index in [0.29, 0.717) is 13.2 Å². The molecular formula is C17H17ClFNO2. The average Bonchev–Trinajstić information content (AvgIpc) is 2.48. The molecule has 0 aromatic heterocycles. The van der Waals surface area contributed by atoms with Crippen molar-refractivity contribution in [1.82, 2.24) is 4.90 Å². The summed E-state index contributed by atoms with van der Waals surface area (Å²) in [5, 5.41) is 0.108. The zero-order valence-corrected chi connectivity index (χ0v) is 13.2. The molecule has 0 saturated carbocycles. The summed E-state index contributed by atoms with van der Waals surface area (Å²) in [5.74, 6) is -0.312. The van der Waals surface area contributed by atoms with E-state index in [-0.39, 0.29) is 10.6 Å². The number of amides is 1. The average molecular weight is 322 g/mol. The smallest absolute Gasteiger partial charge is 0.258 e. The largest absolute Gasteiger partial charge is 0.491 e. The van der Waals surface area contributed by atoms with Gasteiger partial charge in [-0.1, -0.05) is 35.9 Å². The second kappa shape index (κ2) is 7.27. The van der Waals surface area contributed by atoms with Crippen LogP contribution in [0.1, 0.15) is 15.9 Å². The first-order valence-corrected chi connectivity index (χ1v) is 7.26. The maximum absolute atomic E-state index is 13.7. The van der Waals surface area contributed by atoms with Crippen molar-refractivity contribution in [2.45, 2.75) is 6.92 Å². The van der Waals surface area contributed by atoms with E-state index >= 15 is 0 Å². The predicted octanol–water partition coefficient (Wildman–Crippen LogP) is 3.94. The van der Waals surface area contributed by atoms with Gasteiger partial charge in [0, 0.05) is 7.05 Å². The Morgan fingerprint density at radius 3 is 2.64 bits per heavy atom. The van der Waals surface area contributed by atoms with Crippen molar-refractivity contribution in [2.24, 2.45) is 0 Å². The first-order valence-electron chi connectivity index (χ1n) is 6.88. The first kappa shape index (κ1) is 16.3. The Balaban J connectivity index is 1.96. The number of hydrogen-bond acceptors (Lipinski definition) is 2. The fourth-order valence-electron chi connectivity index (χ4n) is 2.01. The molecule has 0 heterocycles. The summed E-state index contributed by atoms with van der Waals surface area (Å²) in [6.45, 7) is 2.60. The van der Waals surface area contributed by atoms with E-state index in [1.807, 2.05) is 31.2 Å². The van der Waals surface area contributed by atoms with E-state index < -0.39 is 11.7 Å². The van der Waals surface area contributed by atoms with Crippen LogP contribution in [0.5, 0.6) is 5.75 Å². The van der Waals surface area contributed by atoms with E-state index in [4.69, 9.17) is 16.3 Å². The monoisotopic (exact) mass is 321 g/mol. The Bertz CT molecular complexity index is 655. The number of carbonyl (C=O) groups excluding carboxylic acids is 1. The predicted molar refractivity (Wildman–Crippen MR) is 85.0 cm³/mol. The molecule has 2 rings (SSSR count). The van der Waals surface area contributed by atoms with Crippen LogP contribution in [0, 0.1) is 12.7 Å². The molecule has 0 aliphatic heterocycles. The SMILES string of the molecule is Cc1ccccc1OCCN(C)C(=O)c1c(F)cccc1Cl. The van der Waals surface area contributed by atoms with E-state index in [2.05, 4.69) is 0 Å². The Labute approximate surface area is 134 Å². The van der Waals surface area contributed by atoms with E-state index in [0.717, 1.165) is 11.3 Å². The highest BCUT2D eigenvalue weighted by atomic mass is 35.5.